The molecular weight excluding hydrogens is 234 g/mol. The summed E-state index contributed by atoms with van der Waals surface area (Å²) in [5.74, 6) is -2.51. The second kappa shape index (κ2) is 4.77. The van der Waals surface area contributed by atoms with Crippen molar-refractivity contribution in [1.29, 1.82) is 0 Å². The van der Waals surface area contributed by atoms with Crippen LogP contribution in [-0.4, -0.2) is 5.11 Å². The van der Waals surface area contributed by atoms with E-state index in [2.05, 4.69) is 13.8 Å². The molecule has 0 saturated heterocycles. The van der Waals surface area contributed by atoms with Crippen LogP contribution >= 0.6 is 0 Å². The molecule has 2 rings (SSSR count). The lowest BCUT2D eigenvalue weighted by Crippen LogP contribution is -1.89. The van der Waals surface area contributed by atoms with E-state index in [1.165, 1.54) is 11.6 Å². The lowest BCUT2D eigenvalue weighted by molar-refractivity contribution is 0.407. The van der Waals surface area contributed by atoms with Crippen LogP contribution in [0.3, 0.4) is 0 Å². The molecule has 0 unspecified atom stereocenters. The van der Waals surface area contributed by atoms with Crippen LogP contribution in [0, 0.1) is 11.6 Å². The summed E-state index contributed by atoms with van der Waals surface area (Å²) in [7, 11) is 0. The molecule has 0 aliphatic carbocycles. The molecule has 0 radical (unpaired) electrons. The number of hydrogen-bond donors (Lipinski definition) is 1. The van der Waals surface area contributed by atoms with Gasteiger partial charge in [-0.05, 0) is 34.7 Å². The highest BCUT2D eigenvalue weighted by molar-refractivity contribution is 5.65. The smallest absolute Gasteiger partial charge is 0.200 e. The van der Waals surface area contributed by atoms with Crippen molar-refractivity contribution in [2.45, 2.75) is 19.8 Å². The van der Waals surface area contributed by atoms with Gasteiger partial charge in [-0.15, -0.1) is 0 Å². The van der Waals surface area contributed by atoms with Crippen LogP contribution in [0.2, 0.25) is 0 Å². The van der Waals surface area contributed by atoms with Crippen molar-refractivity contribution >= 4 is 0 Å². The highest BCUT2D eigenvalue weighted by Crippen LogP contribution is 2.28. The summed E-state index contributed by atoms with van der Waals surface area (Å²) in [5.41, 5.74) is 2.38. The highest BCUT2D eigenvalue weighted by Gasteiger charge is 2.11. The molecule has 94 valence electrons. The van der Waals surface area contributed by atoms with Gasteiger partial charge < -0.3 is 5.11 Å². The number of phenols is 1. The first kappa shape index (κ1) is 12.6. The second-order valence-electron chi connectivity index (χ2n) is 4.57. The third kappa shape index (κ3) is 2.35. The van der Waals surface area contributed by atoms with Crippen molar-refractivity contribution in [2.75, 3.05) is 0 Å². The fraction of sp³-hybridized carbons (Fsp3) is 0.200. The summed E-state index contributed by atoms with van der Waals surface area (Å²) < 4.78 is 26.2. The second-order valence-corrected chi connectivity index (χ2v) is 4.57. The molecule has 0 spiro atoms. The Hall–Kier alpha value is -1.90. The maximum Gasteiger partial charge on any atom is 0.200 e. The van der Waals surface area contributed by atoms with Crippen molar-refractivity contribution in [3.8, 4) is 16.9 Å². The Kier molecular flexibility index (Phi) is 3.32. The Morgan fingerprint density at radius 2 is 1.56 bits per heavy atom. The maximum absolute atomic E-state index is 13.2. The van der Waals surface area contributed by atoms with Gasteiger partial charge in [0.1, 0.15) is 0 Å². The first-order valence-corrected chi connectivity index (χ1v) is 5.77. The number of aromatic hydroxyl groups is 1. The molecule has 0 amide bonds. The van der Waals surface area contributed by atoms with Gasteiger partial charge in [-0.2, -0.15) is 4.39 Å². The van der Waals surface area contributed by atoms with Crippen LogP contribution in [0.5, 0.6) is 5.75 Å². The molecule has 0 fully saturated rings. The SMILES string of the molecule is CC(C)c1ccc(-c2cc(O)c(F)c(F)c2)cc1. The molecule has 0 bridgehead atoms. The van der Waals surface area contributed by atoms with E-state index in [0.717, 1.165) is 11.6 Å². The molecule has 0 aromatic heterocycles. The van der Waals surface area contributed by atoms with Crippen LogP contribution in [0.1, 0.15) is 25.3 Å². The average Bonchev–Trinajstić information content (AvgIpc) is 2.35. The molecular formula is C15H14F2O. The van der Waals surface area contributed by atoms with Crippen molar-refractivity contribution in [3.05, 3.63) is 53.6 Å². The Labute approximate surface area is 105 Å². The van der Waals surface area contributed by atoms with E-state index in [9.17, 15) is 13.9 Å². The fourth-order valence-electron chi connectivity index (χ4n) is 1.80. The minimum atomic E-state index is -1.21. The third-order valence-corrected chi connectivity index (χ3v) is 2.92. The molecule has 0 aliphatic heterocycles. The standard InChI is InChI=1S/C15H14F2O/c1-9(2)10-3-5-11(6-4-10)12-7-13(16)15(17)14(18)8-12/h3-9,18H,1-2H3. The number of hydrogen-bond acceptors (Lipinski definition) is 1. The molecule has 0 aliphatic rings. The van der Waals surface area contributed by atoms with Crippen LogP contribution in [0.15, 0.2) is 36.4 Å². The van der Waals surface area contributed by atoms with E-state index >= 15 is 0 Å². The first-order valence-electron chi connectivity index (χ1n) is 5.77. The van der Waals surface area contributed by atoms with Gasteiger partial charge in [0.05, 0.1) is 0 Å². The zero-order chi connectivity index (χ0) is 13.3. The molecule has 2 aromatic carbocycles. The first-order chi connectivity index (χ1) is 8.49. The molecule has 0 heterocycles. The van der Waals surface area contributed by atoms with E-state index in [-0.39, 0.29) is 0 Å². The predicted octanol–water partition coefficient (Wildman–Crippen LogP) is 4.46. The zero-order valence-electron chi connectivity index (χ0n) is 10.2. The Morgan fingerprint density at radius 1 is 0.944 bits per heavy atom. The minimum absolute atomic E-state index is 0.414. The van der Waals surface area contributed by atoms with Crippen LogP contribution in [0.4, 0.5) is 8.78 Å². The van der Waals surface area contributed by atoms with E-state index in [1.807, 2.05) is 24.3 Å². The quantitative estimate of drug-likeness (QED) is 0.831. The Balaban J connectivity index is 2.43. The zero-order valence-corrected chi connectivity index (χ0v) is 10.2. The van der Waals surface area contributed by atoms with Crippen molar-refractivity contribution in [1.82, 2.24) is 0 Å². The number of benzene rings is 2. The highest BCUT2D eigenvalue weighted by atomic mass is 19.2. The summed E-state index contributed by atoms with van der Waals surface area (Å²) in [6.45, 7) is 4.16. The van der Waals surface area contributed by atoms with Gasteiger partial charge >= 0.3 is 0 Å². The van der Waals surface area contributed by atoms with Gasteiger partial charge in [0.25, 0.3) is 0 Å². The molecule has 0 atom stereocenters. The maximum atomic E-state index is 13.2. The van der Waals surface area contributed by atoms with Crippen LogP contribution in [-0.2, 0) is 0 Å². The normalized spacial score (nSPS) is 10.9. The summed E-state index contributed by atoms with van der Waals surface area (Å²) in [4.78, 5) is 0. The molecule has 1 nitrogen and oxygen atoms in total. The summed E-state index contributed by atoms with van der Waals surface area (Å²) in [5, 5.41) is 9.27. The van der Waals surface area contributed by atoms with E-state index in [4.69, 9.17) is 0 Å². The topological polar surface area (TPSA) is 20.2 Å². The molecule has 18 heavy (non-hydrogen) atoms. The fourth-order valence-corrected chi connectivity index (χ4v) is 1.80. The summed E-state index contributed by atoms with van der Waals surface area (Å²) in [6, 6.07) is 9.86. The Morgan fingerprint density at radius 3 is 2.06 bits per heavy atom. The van der Waals surface area contributed by atoms with Crippen molar-refractivity contribution < 1.29 is 13.9 Å². The third-order valence-electron chi connectivity index (χ3n) is 2.92. The lowest BCUT2D eigenvalue weighted by Gasteiger charge is -2.08. The van der Waals surface area contributed by atoms with Crippen molar-refractivity contribution in [3.63, 3.8) is 0 Å². The van der Waals surface area contributed by atoms with Gasteiger partial charge in [-0.25, -0.2) is 4.39 Å². The van der Waals surface area contributed by atoms with E-state index < -0.39 is 17.4 Å². The monoisotopic (exact) mass is 248 g/mol. The number of phenolic OH excluding ortho intramolecular Hbond substituents is 1. The van der Waals surface area contributed by atoms with Crippen LogP contribution in [0.25, 0.3) is 11.1 Å². The molecule has 3 heteroatoms. The van der Waals surface area contributed by atoms with Gasteiger partial charge in [0.2, 0.25) is 0 Å². The molecule has 0 saturated carbocycles. The average molecular weight is 248 g/mol. The predicted molar refractivity (Wildman–Crippen MR) is 67.5 cm³/mol. The summed E-state index contributed by atoms with van der Waals surface area (Å²) >= 11 is 0. The lowest BCUT2D eigenvalue weighted by atomic mass is 9.98. The number of rotatable bonds is 2. The van der Waals surface area contributed by atoms with Crippen LogP contribution < -0.4 is 0 Å². The van der Waals surface area contributed by atoms with Gasteiger partial charge in [-0.3, -0.25) is 0 Å². The summed E-state index contributed by atoms with van der Waals surface area (Å²) in [6.07, 6.45) is 0. The largest absolute Gasteiger partial charge is 0.505 e. The number of halogens is 2. The molecule has 1 N–H and O–H groups in total. The van der Waals surface area contributed by atoms with Gasteiger partial charge in [-0.1, -0.05) is 38.1 Å². The van der Waals surface area contributed by atoms with E-state index in [0.29, 0.717) is 11.5 Å². The minimum Gasteiger partial charge on any atom is -0.505 e. The van der Waals surface area contributed by atoms with Gasteiger partial charge in [0, 0.05) is 0 Å². The van der Waals surface area contributed by atoms with Gasteiger partial charge in [0.15, 0.2) is 17.4 Å². The van der Waals surface area contributed by atoms with E-state index in [1.54, 1.807) is 0 Å². The Bertz CT molecular complexity index is 536. The van der Waals surface area contributed by atoms with Crippen molar-refractivity contribution in [2.24, 2.45) is 0 Å². The molecule has 2 aromatic rings.